The number of anilines is 3. The van der Waals surface area contributed by atoms with Gasteiger partial charge >= 0.3 is 6.09 Å². The highest BCUT2D eigenvalue weighted by Gasteiger charge is 2.21. The average Bonchev–Trinajstić information content (AvgIpc) is 2.82. The topological polar surface area (TPSA) is 106 Å². The molecule has 9 heteroatoms. The Morgan fingerprint density at radius 3 is 2.51 bits per heavy atom. The number of carbonyl (C=O) groups excluding carboxylic acids is 1. The van der Waals surface area contributed by atoms with Crippen molar-refractivity contribution in [2.24, 2.45) is 0 Å². The zero-order valence-electron chi connectivity index (χ0n) is 20.8. The number of nitrogens with zero attached hydrogens (tertiary/aromatic N) is 6. The van der Waals surface area contributed by atoms with E-state index in [0.29, 0.717) is 23.4 Å². The highest BCUT2D eigenvalue weighted by atomic mass is 16.6. The van der Waals surface area contributed by atoms with Crippen LogP contribution in [0.5, 0.6) is 0 Å². The van der Waals surface area contributed by atoms with Crippen molar-refractivity contribution in [2.45, 2.75) is 46.1 Å². The van der Waals surface area contributed by atoms with Gasteiger partial charge in [-0.3, -0.25) is 9.88 Å². The molecule has 0 spiro atoms. The molecule has 0 aromatic carbocycles. The van der Waals surface area contributed by atoms with Gasteiger partial charge in [0, 0.05) is 25.0 Å². The fourth-order valence-corrected chi connectivity index (χ4v) is 3.33. The maximum absolute atomic E-state index is 12.5. The Labute approximate surface area is 204 Å². The molecule has 1 N–H and O–H groups in total. The second-order valence-corrected chi connectivity index (χ2v) is 9.55. The second kappa shape index (κ2) is 9.61. The summed E-state index contributed by atoms with van der Waals surface area (Å²) in [7, 11) is 1.63. The third kappa shape index (κ3) is 5.87. The van der Waals surface area contributed by atoms with E-state index in [1.807, 2.05) is 57.2 Å². The van der Waals surface area contributed by atoms with Crippen molar-refractivity contribution in [1.82, 2.24) is 25.1 Å². The lowest BCUT2D eigenvalue weighted by Crippen LogP contribution is -2.34. The van der Waals surface area contributed by atoms with Crippen molar-refractivity contribution in [3.63, 3.8) is 0 Å². The number of ether oxygens (including phenoxy) is 1. The Kier molecular flexibility index (Phi) is 6.59. The minimum Gasteiger partial charge on any atom is -0.443 e. The van der Waals surface area contributed by atoms with Crippen LogP contribution in [-0.4, -0.2) is 43.9 Å². The molecule has 0 fully saturated rings. The first-order valence-corrected chi connectivity index (χ1v) is 11.4. The third-order valence-corrected chi connectivity index (χ3v) is 5.23. The van der Waals surface area contributed by atoms with Gasteiger partial charge in [0.25, 0.3) is 0 Å². The van der Waals surface area contributed by atoms with Crippen LogP contribution in [0.3, 0.4) is 0 Å². The summed E-state index contributed by atoms with van der Waals surface area (Å²) in [5, 5.41) is 11.5. The molecule has 0 atom stereocenters. The maximum Gasteiger partial charge on any atom is 0.415 e. The van der Waals surface area contributed by atoms with Gasteiger partial charge in [-0.25, -0.2) is 14.8 Å². The Morgan fingerprint density at radius 1 is 0.971 bits per heavy atom. The minimum atomic E-state index is -0.593. The summed E-state index contributed by atoms with van der Waals surface area (Å²) < 4.78 is 5.45. The van der Waals surface area contributed by atoms with Crippen molar-refractivity contribution in [1.29, 1.82) is 0 Å². The van der Waals surface area contributed by atoms with E-state index in [1.54, 1.807) is 25.6 Å². The van der Waals surface area contributed by atoms with E-state index in [0.717, 1.165) is 27.7 Å². The zero-order valence-corrected chi connectivity index (χ0v) is 20.8. The molecule has 4 heterocycles. The summed E-state index contributed by atoms with van der Waals surface area (Å²) in [5.74, 6) is 2.11. The molecule has 0 aliphatic heterocycles. The van der Waals surface area contributed by atoms with E-state index < -0.39 is 11.7 Å². The smallest absolute Gasteiger partial charge is 0.415 e. The predicted octanol–water partition coefficient (Wildman–Crippen LogP) is 5.72. The van der Waals surface area contributed by atoms with Crippen molar-refractivity contribution >= 4 is 34.6 Å². The summed E-state index contributed by atoms with van der Waals surface area (Å²) in [6.07, 6.45) is 4.73. The molecule has 0 aliphatic carbocycles. The Bertz CT molecular complexity index is 1370. The molecule has 1 amide bonds. The minimum absolute atomic E-state index is 0.349. The Morgan fingerprint density at radius 2 is 1.77 bits per heavy atom. The van der Waals surface area contributed by atoms with Gasteiger partial charge in [0.15, 0.2) is 5.82 Å². The number of hydrogen-bond donors (Lipinski definition) is 1. The predicted molar refractivity (Wildman–Crippen MR) is 137 cm³/mol. The first kappa shape index (κ1) is 24.0. The lowest BCUT2D eigenvalue weighted by atomic mass is 10.1. The van der Waals surface area contributed by atoms with Gasteiger partial charge < -0.3 is 10.1 Å². The Hall–Kier alpha value is -4.14. The first-order valence-electron chi connectivity index (χ1n) is 11.4. The molecular formula is C26H29N7O2. The average molecular weight is 472 g/mol. The van der Waals surface area contributed by atoms with E-state index in [2.05, 4.69) is 39.3 Å². The fraction of sp³-hybridized carbons (Fsp3) is 0.308. The molecule has 4 aromatic heterocycles. The number of aromatic nitrogens is 5. The molecule has 0 aliphatic rings. The van der Waals surface area contributed by atoms with E-state index >= 15 is 0 Å². The van der Waals surface area contributed by atoms with Gasteiger partial charge in [0.2, 0.25) is 0 Å². The van der Waals surface area contributed by atoms with Crippen molar-refractivity contribution in [2.75, 3.05) is 17.3 Å². The van der Waals surface area contributed by atoms with E-state index in [4.69, 9.17) is 9.72 Å². The van der Waals surface area contributed by atoms with E-state index in [-0.39, 0.29) is 0 Å². The largest absolute Gasteiger partial charge is 0.443 e. The van der Waals surface area contributed by atoms with Crippen LogP contribution in [0.4, 0.5) is 22.2 Å². The van der Waals surface area contributed by atoms with Crippen LogP contribution in [-0.2, 0) is 4.74 Å². The Balaban J connectivity index is 1.60. The van der Waals surface area contributed by atoms with Gasteiger partial charge in [-0.15, -0.1) is 5.10 Å². The number of nitrogens with one attached hydrogen (secondary N) is 1. The number of hydrogen-bond acceptors (Lipinski definition) is 8. The van der Waals surface area contributed by atoms with Crippen LogP contribution in [0.1, 0.15) is 46.1 Å². The van der Waals surface area contributed by atoms with Gasteiger partial charge in [-0.1, -0.05) is 13.8 Å². The molecule has 9 nitrogen and oxygen atoms in total. The molecule has 0 bridgehead atoms. The van der Waals surface area contributed by atoms with Crippen LogP contribution in [0.15, 0.2) is 55.0 Å². The molecule has 0 radical (unpaired) electrons. The monoisotopic (exact) mass is 471 g/mol. The molecule has 0 saturated heterocycles. The van der Waals surface area contributed by atoms with Crippen LogP contribution >= 0.6 is 0 Å². The summed E-state index contributed by atoms with van der Waals surface area (Å²) in [6, 6.07) is 11.4. The first-order chi connectivity index (χ1) is 16.6. The van der Waals surface area contributed by atoms with Crippen molar-refractivity contribution in [3.05, 3.63) is 60.6 Å². The fourth-order valence-electron chi connectivity index (χ4n) is 3.33. The molecule has 0 unspecified atom stereocenters. The maximum atomic E-state index is 12.5. The highest BCUT2D eigenvalue weighted by molar-refractivity contribution is 5.87. The summed E-state index contributed by atoms with van der Waals surface area (Å²) in [5.41, 5.74) is 3.70. The lowest BCUT2D eigenvalue weighted by Gasteiger charge is -2.24. The van der Waals surface area contributed by atoms with Crippen LogP contribution in [0, 0.1) is 0 Å². The number of amides is 1. The molecule has 0 saturated carbocycles. The molecule has 180 valence electrons. The normalized spacial score (nSPS) is 11.5. The van der Waals surface area contributed by atoms with Crippen molar-refractivity contribution in [3.8, 4) is 11.1 Å². The zero-order chi connectivity index (χ0) is 25.2. The second-order valence-electron chi connectivity index (χ2n) is 9.55. The summed E-state index contributed by atoms with van der Waals surface area (Å²) >= 11 is 0. The standard InChI is InChI=1S/C26H29N7O2/c1-16(2)18-12-23(32-29-15-18)31-22-8-7-20-21(30-22)11-19(14-28-20)17-9-10-27-24(13-17)33(6)25(34)35-26(3,4)5/h7-16H,1-6H3,(H,30,31,32). The summed E-state index contributed by atoms with van der Waals surface area (Å²) in [4.78, 5) is 27.4. The van der Waals surface area contributed by atoms with Crippen molar-refractivity contribution < 1.29 is 9.53 Å². The van der Waals surface area contributed by atoms with Crippen LogP contribution < -0.4 is 10.2 Å². The van der Waals surface area contributed by atoms with Crippen LogP contribution in [0.25, 0.3) is 22.2 Å². The SMILES string of the molecule is CC(C)c1cnnc(Nc2ccc3ncc(-c4ccnc(N(C)C(=O)OC(C)(C)C)c4)cc3n2)c1. The number of fused-ring (bicyclic) bond motifs is 1. The lowest BCUT2D eigenvalue weighted by molar-refractivity contribution is 0.0588. The van der Waals surface area contributed by atoms with Gasteiger partial charge in [-0.2, -0.15) is 5.10 Å². The van der Waals surface area contributed by atoms with Gasteiger partial charge in [-0.05, 0) is 74.2 Å². The molecule has 35 heavy (non-hydrogen) atoms. The number of carbonyl (C=O) groups is 1. The number of rotatable bonds is 5. The third-order valence-electron chi connectivity index (χ3n) is 5.23. The molecule has 4 rings (SSSR count). The summed E-state index contributed by atoms with van der Waals surface area (Å²) in [6.45, 7) is 9.70. The number of pyridine rings is 3. The quantitative estimate of drug-likeness (QED) is 0.394. The van der Waals surface area contributed by atoms with E-state index in [9.17, 15) is 4.79 Å². The molecule has 4 aromatic rings. The van der Waals surface area contributed by atoms with E-state index in [1.165, 1.54) is 4.90 Å². The molecular weight excluding hydrogens is 442 g/mol. The highest BCUT2D eigenvalue weighted by Crippen LogP contribution is 2.26. The van der Waals surface area contributed by atoms with Gasteiger partial charge in [0.1, 0.15) is 17.2 Å². The van der Waals surface area contributed by atoms with Crippen LogP contribution in [0.2, 0.25) is 0 Å². The van der Waals surface area contributed by atoms with Gasteiger partial charge in [0.05, 0.1) is 17.2 Å².